The van der Waals surface area contributed by atoms with Gasteiger partial charge in [0.25, 0.3) is 5.91 Å². The standard InChI is InChI=1S/C21H25ClN2O3/c1-2-3-11-24(17-7-5-4-6-8-17)21(25)16-14-19(22)20(23-15-16)27-18-9-12-26-13-10-18/h4-8,14-15,18H,2-3,9-13H2,1H3. The van der Waals surface area contributed by atoms with Crippen LogP contribution in [-0.4, -0.2) is 36.8 Å². The summed E-state index contributed by atoms with van der Waals surface area (Å²) in [5, 5.41) is 0.357. The Bertz CT molecular complexity index is 748. The molecular weight excluding hydrogens is 364 g/mol. The van der Waals surface area contributed by atoms with Crippen molar-refractivity contribution in [3.05, 3.63) is 53.2 Å². The van der Waals surface area contributed by atoms with Crippen LogP contribution >= 0.6 is 11.6 Å². The lowest BCUT2D eigenvalue weighted by molar-refractivity contribution is 0.0238. The van der Waals surface area contributed by atoms with Crippen molar-refractivity contribution >= 4 is 23.2 Å². The highest BCUT2D eigenvalue weighted by atomic mass is 35.5. The van der Waals surface area contributed by atoms with Gasteiger partial charge in [-0.3, -0.25) is 4.79 Å². The Kier molecular flexibility index (Phi) is 7.07. The lowest BCUT2D eigenvalue weighted by Gasteiger charge is -2.24. The number of para-hydroxylation sites is 1. The summed E-state index contributed by atoms with van der Waals surface area (Å²) in [7, 11) is 0. The first-order valence-corrected chi connectivity index (χ1v) is 9.83. The second-order valence-electron chi connectivity index (χ2n) is 6.59. The number of benzene rings is 1. The zero-order valence-electron chi connectivity index (χ0n) is 15.6. The van der Waals surface area contributed by atoms with E-state index in [1.54, 1.807) is 17.2 Å². The highest BCUT2D eigenvalue weighted by Gasteiger charge is 2.21. The predicted octanol–water partition coefficient (Wildman–Crippen LogP) is 4.74. The molecule has 144 valence electrons. The molecule has 1 aromatic heterocycles. The molecule has 5 nitrogen and oxygen atoms in total. The number of hydrogen-bond acceptors (Lipinski definition) is 4. The fraction of sp³-hybridized carbons (Fsp3) is 0.429. The fourth-order valence-electron chi connectivity index (χ4n) is 3.01. The van der Waals surface area contributed by atoms with E-state index >= 15 is 0 Å². The molecule has 0 saturated carbocycles. The van der Waals surface area contributed by atoms with Gasteiger partial charge in [-0.1, -0.05) is 43.1 Å². The normalized spacial score (nSPS) is 14.7. The third-order valence-corrected chi connectivity index (χ3v) is 4.82. The van der Waals surface area contributed by atoms with Gasteiger partial charge >= 0.3 is 0 Å². The molecule has 0 spiro atoms. The Morgan fingerprint density at radius 1 is 1.30 bits per heavy atom. The second-order valence-corrected chi connectivity index (χ2v) is 6.99. The fourth-order valence-corrected chi connectivity index (χ4v) is 3.22. The Balaban J connectivity index is 1.76. The second kappa shape index (κ2) is 9.72. The molecule has 0 N–H and O–H groups in total. The van der Waals surface area contributed by atoms with E-state index in [1.807, 2.05) is 30.3 Å². The summed E-state index contributed by atoms with van der Waals surface area (Å²) in [5.74, 6) is 0.265. The molecule has 1 aromatic carbocycles. The van der Waals surface area contributed by atoms with Gasteiger partial charge in [-0.25, -0.2) is 4.98 Å². The molecular formula is C21H25ClN2O3. The zero-order chi connectivity index (χ0) is 19.1. The first-order valence-electron chi connectivity index (χ1n) is 9.46. The maximum Gasteiger partial charge on any atom is 0.259 e. The number of aromatic nitrogens is 1. The van der Waals surface area contributed by atoms with Crippen LogP contribution in [0.4, 0.5) is 5.69 Å². The first kappa shape index (κ1) is 19.6. The van der Waals surface area contributed by atoms with Crippen molar-refractivity contribution in [1.82, 2.24) is 4.98 Å². The maximum absolute atomic E-state index is 13.1. The van der Waals surface area contributed by atoms with E-state index < -0.39 is 0 Å². The van der Waals surface area contributed by atoms with Crippen molar-refractivity contribution in [3.8, 4) is 5.88 Å². The summed E-state index contributed by atoms with van der Waals surface area (Å²) in [6.45, 7) is 4.12. The van der Waals surface area contributed by atoms with Gasteiger partial charge in [0.05, 0.1) is 18.8 Å². The van der Waals surface area contributed by atoms with Gasteiger partial charge in [-0.2, -0.15) is 0 Å². The van der Waals surface area contributed by atoms with Crippen LogP contribution in [-0.2, 0) is 4.74 Å². The molecule has 1 saturated heterocycles. The van der Waals surface area contributed by atoms with Crippen molar-refractivity contribution in [1.29, 1.82) is 0 Å². The van der Waals surface area contributed by atoms with Crippen LogP contribution in [0.1, 0.15) is 43.0 Å². The molecule has 6 heteroatoms. The summed E-state index contributed by atoms with van der Waals surface area (Å²) in [6.07, 6.45) is 5.16. The minimum absolute atomic E-state index is 0.0515. The lowest BCUT2D eigenvalue weighted by Crippen LogP contribution is -2.32. The zero-order valence-corrected chi connectivity index (χ0v) is 16.3. The average Bonchev–Trinajstić information content (AvgIpc) is 2.71. The lowest BCUT2D eigenvalue weighted by atomic mass is 10.1. The minimum atomic E-state index is -0.110. The molecule has 0 aliphatic carbocycles. The number of amides is 1. The van der Waals surface area contributed by atoms with Gasteiger partial charge in [0.2, 0.25) is 5.88 Å². The maximum atomic E-state index is 13.1. The molecule has 3 rings (SSSR count). The third kappa shape index (κ3) is 5.21. The van der Waals surface area contributed by atoms with Gasteiger partial charge in [-0.05, 0) is 24.6 Å². The molecule has 0 atom stereocenters. The number of halogens is 1. The van der Waals surface area contributed by atoms with Crippen LogP contribution in [0.5, 0.6) is 5.88 Å². The van der Waals surface area contributed by atoms with E-state index in [4.69, 9.17) is 21.1 Å². The number of hydrogen-bond donors (Lipinski definition) is 0. The molecule has 1 fully saturated rings. The molecule has 0 bridgehead atoms. The first-order chi connectivity index (χ1) is 13.2. The van der Waals surface area contributed by atoms with Crippen LogP contribution < -0.4 is 9.64 Å². The van der Waals surface area contributed by atoms with Crippen LogP contribution in [0.3, 0.4) is 0 Å². The number of pyridine rings is 1. The van der Waals surface area contributed by atoms with E-state index in [1.165, 1.54) is 0 Å². The van der Waals surface area contributed by atoms with E-state index in [0.29, 0.717) is 36.2 Å². The van der Waals surface area contributed by atoms with Gasteiger partial charge in [0, 0.05) is 31.3 Å². The van der Waals surface area contributed by atoms with Crippen molar-refractivity contribution in [2.45, 2.75) is 38.7 Å². The number of rotatable bonds is 7. The Morgan fingerprint density at radius 2 is 2.04 bits per heavy atom. The molecule has 0 unspecified atom stereocenters. The largest absolute Gasteiger partial charge is 0.473 e. The highest BCUT2D eigenvalue weighted by molar-refractivity contribution is 6.32. The third-order valence-electron chi connectivity index (χ3n) is 4.55. The van der Waals surface area contributed by atoms with Crippen molar-refractivity contribution in [2.24, 2.45) is 0 Å². The minimum Gasteiger partial charge on any atom is -0.473 e. The Labute approximate surface area is 165 Å². The molecule has 0 radical (unpaired) electrons. The molecule has 1 amide bonds. The van der Waals surface area contributed by atoms with Crippen LogP contribution in [0, 0.1) is 0 Å². The van der Waals surface area contributed by atoms with E-state index in [0.717, 1.165) is 31.4 Å². The van der Waals surface area contributed by atoms with Crippen molar-refractivity contribution < 1.29 is 14.3 Å². The average molecular weight is 389 g/mol. The van der Waals surface area contributed by atoms with Crippen LogP contribution in [0.15, 0.2) is 42.6 Å². The monoisotopic (exact) mass is 388 g/mol. The molecule has 1 aliphatic rings. The van der Waals surface area contributed by atoms with Crippen LogP contribution in [0.25, 0.3) is 0 Å². The van der Waals surface area contributed by atoms with Gasteiger partial charge in [0.1, 0.15) is 11.1 Å². The molecule has 2 aromatic rings. The Hall–Kier alpha value is -2.11. The van der Waals surface area contributed by atoms with E-state index in [2.05, 4.69) is 11.9 Å². The highest BCUT2D eigenvalue weighted by Crippen LogP contribution is 2.27. The molecule has 2 heterocycles. The number of carbonyl (C=O) groups excluding carboxylic acids is 1. The number of anilines is 1. The number of nitrogens with zero attached hydrogens (tertiary/aromatic N) is 2. The summed E-state index contributed by atoms with van der Waals surface area (Å²) in [5.41, 5.74) is 1.33. The molecule has 27 heavy (non-hydrogen) atoms. The topological polar surface area (TPSA) is 51.7 Å². The van der Waals surface area contributed by atoms with Crippen molar-refractivity contribution in [3.63, 3.8) is 0 Å². The number of carbonyl (C=O) groups is 1. The van der Waals surface area contributed by atoms with E-state index in [-0.39, 0.29) is 12.0 Å². The smallest absolute Gasteiger partial charge is 0.259 e. The quantitative estimate of drug-likeness (QED) is 0.687. The Morgan fingerprint density at radius 3 is 2.70 bits per heavy atom. The summed E-state index contributed by atoms with van der Waals surface area (Å²) < 4.78 is 11.2. The summed E-state index contributed by atoms with van der Waals surface area (Å²) in [6, 6.07) is 11.3. The number of ether oxygens (including phenoxy) is 2. The van der Waals surface area contributed by atoms with Gasteiger partial charge in [0.15, 0.2) is 0 Å². The summed E-state index contributed by atoms with van der Waals surface area (Å²) in [4.78, 5) is 19.2. The van der Waals surface area contributed by atoms with Crippen LogP contribution in [0.2, 0.25) is 5.02 Å². The molecule has 1 aliphatic heterocycles. The summed E-state index contributed by atoms with van der Waals surface area (Å²) >= 11 is 6.36. The van der Waals surface area contributed by atoms with Crippen molar-refractivity contribution in [2.75, 3.05) is 24.7 Å². The number of unbranched alkanes of at least 4 members (excludes halogenated alkanes) is 1. The predicted molar refractivity (Wildman–Crippen MR) is 107 cm³/mol. The SMILES string of the molecule is CCCCN(C(=O)c1cnc(OC2CCOCC2)c(Cl)c1)c1ccccc1. The van der Waals surface area contributed by atoms with Gasteiger partial charge in [-0.15, -0.1) is 0 Å². The van der Waals surface area contributed by atoms with E-state index in [9.17, 15) is 4.79 Å². The van der Waals surface area contributed by atoms with Gasteiger partial charge < -0.3 is 14.4 Å².